The quantitative estimate of drug-likeness (QED) is 0.247. The van der Waals surface area contributed by atoms with Crippen molar-refractivity contribution in [3.63, 3.8) is 0 Å². The minimum Gasteiger partial charge on any atom is -0.493 e. The van der Waals surface area contributed by atoms with Crippen LogP contribution < -0.4 is 14.8 Å². The molecule has 2 heterocycles. The summed E-state index contributed by atoms with van der Waals surface area (Å²) in [7, 11) is 1.60. The van der Waals surface area contributed by atoms with Gasteiger partial charge in [0.25, 0.3) is 0 Å². The number of allylic oxidation sites excluding steroid dienone is 2. The Bertz CT molecular complexity index is 1470. The second-order valence-corrected chi connectivity index (χ2v) is 13.2. The zero-order valence-corrected chi connectivity index (χ0v) is 26.0. The Morgan fingerprint density at radius 2 is 2.00 bits per heavy atom. The maximum atomic E-state index is 13.6. The number of anilines is 1. The molecule has 1 atom stereocenters. The largest absolute Gasteiger partial charge is 0.493 e. The SMILES string of the molecule is CCCSc1nc2n(n1)C(c1cc(Br)c(OCc3ccc(Cl)c(Cl)c3)c(OC)c1)C1=C(CC(C)(C)CC1=O)N2. The molecule has 1 unspecified atom stereocenters. The van der Waals surface area contributed by atoms with Crippen LogP contribution in [0.2, 0.25) is 10.0 Å². The summed E-state index contributed by atoms with van der Waals surface area (Å²) in [6.45, 7) is 6.63. The van der Waals surface area contributed by atoms with Crippen LogP contribution in [0.5, 0.6) is 11.5 Å². The van der Waals surface area contributed by atoms with E-state index < -0.39 is 6.04 Å². The van der Waals surface area contributed by atoms with Crippen LogP contribution in [0, 0.1) is 5.41 Å². The maximum Gasteiger partial charge on any atom is 0.227 e. The van der Waals surface area contributed by atoms with Crippen LogP contribution in [0.1, 0.15) is 57.2 Å². The van der Waals surface area contributed by atoms with E-state index in [-0.39, 0.29) is 17.8 Å². The van der Waals surface area contributed by atoms with Gasteiger partial charge in [-0.05, 0) is 69.6 Å². The monoisotopic (exact) mass is 650 g/mol. The molecule has 39 heavy (non-hydrogen) atoms. The fraction of sp³-hybridized carbons (Fsp3) is 0.393. The van der Waals surface area contributed by atoms with Crippen LogP contribution in [0.15, 0.2) is 51.2 Å². The lowest BCUT2D eigenvalue weighted by atomic mass is 9.73. The molecule has 2 aromatic carbocycles. The Morgan fingerprint density at radius 1 is 1.21 bits per heavy atom. The Kier molecular flexibility index (Phi) is 8.25. The van der Waals surface area contributed by atoms with E-state index in [1.165, 1.54) is 0 Å². The minimum absolute atomic E-state index is 0.109. The molecule has 206 valence electrons. The summed E-state index contributed by atoms with van der Waals surface area (Å²) in [4.78, 5) is 18.3. The van der Waals surface area contributed by atoms with E-state index >= 15 is 0 Å². The van der Waals surface area contributed by atoms with Crippen molar-refractivity contribution < 1.29 is 14.3 Å². The number of halogens is 3. The zero-order valence-electron chi connectivity index (χ0n) is 22.1. The summed E-state index contributed by atoms with van der Waals surface area (Å²) >= 11 is 17.5. The predicted molar refractivity (Wildman–Crippen MR) is 159 cm³/mol. The molecular formula is C28H29BrCl2N4O3S. The number of Topliss-reactive ketones (excluding diaryl/α,β-unsaturated/α-hetero) is 1. The van der Waals surface area contributed by atoms with E-state index in [9.17, 15) is 4.79 Å². The number of carbonyl (C=O) groups is 1. The lowest BCUT2D eigenvalue weighted by Crippen LogP contribution is -2.36. The smallest absolute Gasteiger partial charge is 0.227 e. The highest BCUT2D eigenvalue weighted by atomic mass is 79.9. The molecule has 0 saturated heterocycles. The normalized spacial score (nSPS) is 17.9. The van der Waals surface area contributed by atoms with Crippen molar-refractivity contribution in [1.82, 2.24) is 14.8 Å². The van der Waals surface area contributed by atoms with E-state index in [0.717, 1.165) is 41.0 Å². The van der Waals surface area contributed by atoms with Crippen LogP contribution in [0.25, 0.3) is 0 Å². The number of rotatable bonds is 8. The van der Waals surface area contributed by atoms with Gasteiger partial charge in [0.2, 0.25) is 11.1 Å². The Hall–Kier alpha value is -2.20. The lowest BCUT2D eigenvalue weighted by molar-refractivity contribution is -0.118. The molecule has 1 N–H and O–H groups in total. The van der Waals surface area contributed by atoms with Crippen molar-refractivity contribution in [2.45, 2.75) is 57.8 Å². The number of fused-ring (bicyclic) bond motifs is 1. The van der Waals surface area contributed by atoms with Crippen molar-refractivity contribution >= 4 is 62.6 Å². The van der Waals surface area contributed by atoms with Gasteiger partial charge in [0.1, 0.15) is 12.6 Å². The maximum absolute atomic E-state index is 13.6. The summed E-state index contributed by atoms with van der Waals surface area (Å²) in [5.74, 6) is 2.74. The average Bonchev–Trinajstić information content (AvgIpc) is 3.28. The first-order chi connectivity index (χ1) is 18.6. The summed E-state index contributed by atoms with van der Waals surface area (Å²) < 4.78 is 14.4. The Balaban J connectivity index is 1.55. The van der Waals surface area contributed by atoms with Crippen molar-refractivity contribution in [2.75, 3.05) is 18.2 Å². The molecule has 5 rings (SSSR count). The van der Waals surface area contributed by atoms with Gasteiger partial charge in [0.05, 0.1) is 21.6 Å². The van der Waals surface area contributed by atoms with Crippen LogP contribution in [-0.2, 0) is 11.4 Å². The molecule has 1 aliphatic carbocycles. The number of thioether (sulfide) groups is 1. The molecule has 0 amide bonds. The van der Waals surface area contributed by atoms with Gasteiger partial charge in [-0.3, -0.25) is 4.79 Å². The van der Waals surface area contributed by atoms with E-state index in [1.54, 1.807) is 31.0 Å². The highest BCUT2D eigenvalue weighted by Crippen LogP contribution is 2.48. The second kappa shape index (κ2) is 11.4. The second-order valence-electron chi connectivity index (χ2n) is 10.4. The van der Waals surface area contributed by atoms with E-state index in [1.807, 2.05) is 22.9 Å². The number of hydrogen-bond acceptors (Lipinski definition) is 7. The number of carbonyl (C=O) groups excluding carboxylic acids is 1. The number of nitrogens with zero attached hydrogens (tertiary/aromatic N) is 3. The average molecular weight is 652 g/mol. The summed E-state index contributed by atoms with van der Waals surface area (Å²) in [6, 6.07) is 8.81. The molecule has 1 aromatic heterocycles. The van der Waals surface area contributed by atoms with E-state index in [4.69, 9.17) is 42.8 Å². The molecule has 0 spiro atoms. The van der Waals surface area contributed by atoms with Crippen molar-refractivity contribution in [3.8, 4) is 11.5 Å². The first-order valence-electron chi connectivity index (χ1n) is 12.7. The Labute approximate surface area is 250 Å². The lowest BCUT2D eigenvalue weighted by Gasteiger charge is -2.38. The molecular weight excluding hydrogens is 623 g/mol. The first kappa shape index (κ1) is 28.3. The number of methoxy groups -OCH3 is 1. The number of ketones is 1. The third-order valence-electron chi connectivity index (χ3n) is 6.68. The first-order valence-corrected chi connectivity index (χ1v) is 15.2. The standard InChI is InChI=1S/C28H29BrCl2N4O3S/c1-5-8-39-27-33-26-32-20-12-28(2,3)13-21(36)23(20)24(35(26)34-27)16-10-17(29)25(22(11-16)37-4)38-14-15-6-7-18(30)19(31)9-15/h6-7,9-11,24H,5,8,12-14H2,1-4H3,(H,32,33,34). The summed E-state index contributed by atoms with van der Waals surface area (Å²) in [5, 5.41) is 9.89. The molecule has 7 nitrogen and oxygen atoms in total. The highest BCUT2D eigenvalue weighted by Gasteiger charge is 2.42. The molecule has 0 bridgehead atoms. The molecule has 11 heteroatoms. The number of aromatic nitrogens is 3. The molecule has 1 aliphatic heterocycles. The third kappa shape index (κ3) is 5.82. The van der Waals surface area contributed by atoms with Gasteiger partial charge < -0.3 is 14.8 Å². The van der Waals surface area contributed by atoms with Gasteiger partial charge in [-0.25, -0.2) is 4.68 Å². The summed E-state index contributed by atoms with van der Waals surface area (Å²) in [5.41, 5.74) is 3.20. The molecule has 3 aromatic rings. The summed E-state index contributed by atoms with van der Waals surface area (Å²) in [6.07, 6.45) is 2.23. The number of ether oxygens (including phenoxy) is 2. The van der Waals surface area contributed by atoms with Gasteiger partial charge in [-0.1, -0.05) is 61.8 Å². The van der Waals surface area contributed by atoms with Gasteiger partial charge in [-0.2, -0.15) is 4.98 Å². The topological polar surface area (TPSA) is 78.3 Å². The number of hydrogen-bond donors (Lipinski definition) is 1. The number of benzene rings is 2. The highest BCUT2D eigenvalue weighted by molar-refractivity contribution is 9.10. The zero-order chi connectivity index (χ0) is 27.9. The van der Waals surface area contributed by atoms with Gasteiger partial charge in [0, 0.05) is 23.4 Å². The molecule has 0 radical (unpaired) electrons. The fourth-order valence-corrected chi connectivity index (χ4v) is 6.55. The van der Waals surface area contributed by atoms with E-state index in [0.29, 0.717) is 43.5 Å². The number of nitrogens with one attached hydrogen (secondary N) is 1. The van der Waals surface area contributed by atoms with Crippen LogP contribution >= 0.6 is 50.9 Å². The van der Waals surface area contributed by atoms with Gasteiger partial charge in [0.15, 0.2) is 17.3 Å². The fourth-order valence-electron chi connectivity index (χ4n) is 4.97. The third-order valence-corrected chi connectivity index (χ3v) is 9.05. The van der Waals surface area contributed by atoms with Crippen LogP contribution in [0.4, 0.5) is 5.95 Å². The van der Waals surface area contributed by atoms with Crippen molar-refractivity contribution in [1.29, 1.82) is 0 Å². The van der Waals surface area contributed by atoms with Crippen LogP contribution in [0.3, 0.4) is 0 Å². The van der Waals surface area contributed by atoms with Crippen molar-refractivity contribution in [2.24, 2.45) is 5.41 Å². The van der Waals surface area contributed by atoms with Crippen molar-refractivity contribution in [3.05, 3.63) is 67.2 Å². The minimum atomic E-state index is -0.447. The van der Waals surface area contributed by atoms with Gasteiger partial charge >= 0.3 is 0 Å². The Morgan fingerprint density at radius 3 is 2.72 bits per heavy atom. The van der Waals surface area contributed by atoms with E-state index in [2.05, 4.69) is 42.0 Å². The molecule has 0 saturated carbocycles. The predicted octanol–water partition coefficient (Wildman–Crippen LogP) is 8.10. The molecule has 2 aliphatic rings. The van der Waals surface area contributed by atoms with Crippen LogP contribution in [-0.4, -0.2) is 33.4 Å². The van der Waals surface area contributed by atoms with Gasteiger partial charge in [-0.15, -0.1) is 5.10 Å². The molecule has 0 fully saturated rings.